The number of nitrogens with one attached hydrogen (secondary N) is 2. The topological polar surface area (TPSA) is 96.7 Å². The van der Waals surface area contributed by atoms with Gasteiger partial charge in [0, 0.05) is 35.0 Å². The Hall–Kier alpha value is -3.00. The van der Waals surface area contributed by atoms with Gasteiger partial charge in [-0.05, 0) is 31.4 Å². The van der Waals surface area contributed by atoms with E-state index in [1.54, 1.807) is 0 Å². The van der Waals surface area contributed by atoms with E-state index in [0.717, 1.165) is 27.0 Å². The number of thiazole rings is 1. The average molecular weight is 367 g/mol. The van der Waals surface area contributed by atoms with Crippen LogP contribution in [0.25, 0.3) is 22.3 Å². The van der Waals surface area contributed by atoms with Gasteiger partial charge in [-0.15, -0.1) is 11.3 Å². The normalized spacial score (nSPS) is 11.2. The van der Waals surface area contributed by atoms with Gasteiger partial charge in [-0.25, -0.2) is 4.98 Å². The first-order valence-corrected chi connectivity index (χ1v) is 9.04. The molecule has 0 radical (unpaired) electrons. The third-order valence-corrected chi connectivity index (χ3v) is 5.11. The van der Waals surface area contributed by atoms with Gasteiger partial charge in [-0.3, -0.25) is 4.79 Å². The molecule has 8 heteroatoms. The van der Waals surface area contributed by atoms with Crippen molar-refractivity contribution in [1.29, 1.82) is 0 Å². The van der Waals surface area contributed by atoms with Crippen LogP contribution in [0.15, 0.2) is 35.0 Å². The van der Waals surface area contributed by atoms with Crippen LogP contribution in [0.4, 0.5) is 5.13 Å². The van der Waals surface area contributed by atoms with Crippen LogP contribution in [0.2, 0.25) is 0 Å². The fraction of sp³-hybridized carbons (Fsp3) is 0.222. The molecule has 0 saturated heterocycles. The van der Waals surface area contributed by atoms with Crippen LogP contribution in [0, 0.1) is 13.8 Å². The molecule has 0 fully saturated rings. The van der Waals surface area contributed by atoms with Crippen molar-refractivity contribution in [1.82, 2.24) is 20.1 Å². The molecule has 0 atom stereocenters. The van der Waals surface area contributed by atoms with Crippen molar-refractivity contribution in [3.05, 3.63) is 46.9 Å². The molecule has 0 unspecified atom stereocenters. The zero-order valence-electron chi connectivity index (χ0n) is 14.4. The minimum Gasteiger partial charge on any atom is -0.361 e. The third-order valence-electron chi connectivity index (χ3n) is 4.12. The molecule has 0 saturated carbocycles. The second-order valence-electron chi connectivity index (χ2n) is 6.00. The Labute approximate surface area is 153 Å². The lowest BCUT2D eigenvalue weighted by molar-refractivity contribution is -0.116. The maximum Gasteiger partial charge on any atom is 0.227 e. The smallest absolute Gasteiger partial charge is 0.227 e. The molecule has 1 aromatic carbocycles. The first-order chi connectivity index (χ1) is 12.6. The van der Waals surface area contributed by atoms with Gasteiger partial charge in [0.2, 0.25) is 17.6 Å². The fourth-order valence-corrected chi connectivity index (χ4v) is 3.42. The maximum absolute atomic E-state index is 12.1. The van der Waals surface area contributed by atoms with E-state index < -0.39 is 0 Å². The van der Waals surface area contributed by atoms with E-state index in [-0.39, 0.29) is 12.3 Å². The number of fused-ring (bicyclic) bond motifs is 1. The summed E-state index contributed by atoms with van der Waals surface area (Å²) in [6.07, 6.45) is 2.53. The van der Waals surface area contributed by atoms with Crippen LogP contribution >= 0.6 is 11.3 Å². The summed E-state index contributed by atoms with van der Waals surface area (Å²) in [4.78, 5) is 25.0. The van der Waals surface area contributed by atoms with Crippen LogP contribution in [-0.2, 0) is 11.2 Å². The molecule has 0 aliphatic heterocycles. The molecule has 3 aromatic heterocycles. The monoisotopic (exact) mass is 367 g/mol. The zero-order chi connectivity index (χ0) is 18.1. The second kappa shape index (κ2) is 6.72. The molecule has 0 spiro atoms. The minimum absolute atomic E-state index is 0.119. The molecule has 1 amide bonds. The highest BCUT2D eigenvalue weighted by atomic mass is 32.1. The Bertz CT molecular complexity index is 1060. The fourth-order valence-electron chi connectivity index (χ4n) is 2.59. The van der Waals surface area contributed by atoms with E-state index >= 15 is 0 Å². The van der Waals surface area contributed by atoms with E-state index in [2.05, 4.69) is 25.4 Å². The summed E-state index contributed by atoms with van der Waals surface area (Å²) in [5, 5.41) is 8.56. The summed E-state index contributed by atoms with van der Waals surface area (Å²) in [5.41, 5.74) is 2.82. The summed E-state index contributed by atoms with van der Waals surface area (Å²) in [7, 11) is 0. The number of H-pyrrole nitrogens is 1. The number of hydrogen-bond donors (Lipinski definition) is 2. The van der Waals surface area contributed by atoms with E-state index in [1.807, 2.05) is 44.3 Å². The Morgan fingerprint density at radius 2 is 2.15 bits per heavy atom. The number of amides is 1. The number of rotatable bonds is 5. The summed E-state index contributed by atoms with van der Waals surface area (Å²) < 4.78 is 5.27. The van der Waals surface area contributed by atoms with Gasteiger partial charge in [-0.2, -0.15) is 4.98 Å². The Balaban J connectivity index is 1.39. The predicted octanol–water partition coefficient (Wildman–Crippen LogP) is 3.86. The Morgan fingerprint density at radius 1 is 1.27 bits per heavy atom. The Kier molecular flexibility index (Phi) is 4.26. The molecule has 0 bridgehead atoms. The standard InChI is InChI=1S/C18H17N5O2S/c1-10-11(2)26-18(20-10)21-15(24)5-6-16-22-17(23-25-16)13-4-3-12-7-8-19-14(12)9-13/h3-4,7-9,19H,5-6H2,1-2H3,(H,20,21,24). The second-order valence-corrected chi connectivity index (χ2v) is 7.20. The number of aromatic nitrogens is 4. The minimum atomic E-state index is -0.119. The van der Waals surface area contributed by atoms with Gasteiger partial charge in [-0.1, -0.05) is 17.3 Å². The van der Waals surface area contributed by atoms with Gasteiger partial charge in [0.1, 0.15) is 0 Å². The number of nitrogens with zero attached hydrogens (tertiary/aromatic N) is 3. The number of carbonyl (C=O) groups excluding carboxylic acids is 1. The van der Waals surface area contributed by atoms with Gasteiger partial charge >= 0.3 is 0 Å². The molecular formula is C18H17N5O2S. The molecule has 4 rings (SSSR count). The highest BCUT2D eigenvalue weighted by Gasteiger charge is 2.13. The van der Waals surface area contributed by atoms with Crippen molar-refractivity contribution < 1.29 is 9.32 Å². The van der Waals surface area contributed by atoms with Crippen LogP contribution in [-0.4, -0.2) is 26.0 Å². The van der Waals surface area contributed by atoms with Crippen LogP contribution < -0.4 is 5.32 Å². The first kappa shape index (κ1) is 16.5. The van der Waals surface area contributed by atoms with Gasteiger partial charge in [0.05, 0.1) is 5.69 Å². The number of aromatic amines is 1. The summed E-state index contributed by atoms with van der Waals surface area (Å²) in [5.74, 6) is 0.836. The predicted molar refractivity (Wildman–Crippen MR) is 100 cm³/mol. The maximum atomic E-state index is 12.1. The third kappa shape index (κ3) is 3.36. The number of aryl methyl sites for hydroxylation is 3. The van der Waals surface area contributed by atoms with E-state index in [4.69, 9.17) is 4.52 Å². The highest BCUT2D eigenvalue weighted by Crippen LogP contribution is 2.23. The number of anilines is 1. The molecule has 3 heterocycles. The first-order valence-electron chi connectivity index (χ1n) is 8.22. The largest absolute Gasteiger partial charge is 0.361 e. The average Bonchev–Trinajstić information content (AvgIpc) is 3.33. The van der Waals surface area contributed by atoms with Crippen LogP contribution in [0.1, 0.15) is 22.9 Å². The SMILES string of the molecule is Cc1nc(NC(=O)CCc2nc(-c3ccc4cc[nH]c4c3)no2)sc1C. The van der Waals surface area contributed by atoms with Crippen molar-refractivity contribution in [2.75, 3.05) is 5.32 Å². The molecule has 132 valence electrons. The lowest BCUT2D eigenvalue weighted by Gasteiger charge is -1.98. The number of carbonyl (C=O) groups is 1. The lowest BCUT2D eigenvalue weighted by atomic mass is 10.1. The van der Waals surface area contributed by atoms with Gasteiger partial charge < -0.3 is 14.8 Å². The van der Waals surface area contributed by atoms with Crippen molar-refractivity contribution in [3.8, 4) is 11.4 Å². The van der Waals surface area contributed by atoms with Crippen molar-refractivity contribution in [2.24, 2.45) is 0 Å². The molecule has 7 nitrogen and oxygen atoms in total. The molecule has 26 heavy (non-hydrogen) atoms. The summed E-state index contributed by atoms with van der Waals surface area (Å²) in [6.45, 7) is 3.90. The van der Waals surface area contributed by atoms with Crippen LogP contribution in [0.5, 0.6) is 0 Å². The van der Waals surface area contributed by atoms with Crippen LogP contribution in [0.3, 0.4) is 0 Å². The molecule has 0 aliphatic rings. The number of benzene rings is 1. The quantitative estimate of drug-likeness (QED) is 0.558. The van der Waals surface area contributed by atoms with E-state index in [9.17, 15) is 4.79 Å². The molecule has 2 N–H and O–H groups in total. The van der Waals surface area contributed by atoms with Gasteiger partial charge in [0.15, 0.2) is 5.13 Å². The summed E-state index contributed by atoms with van der Waals surface area (Å²) >= 11 is 1.47. The highest BCUT2D eigenvalue weighted by molar-refractivity contribution is 7.15. The van der Waals surface area contributed by atoms with Gasteiger partial charge in [0.25, 0.3) is 0 Å². The lowest BCUT2D eigenvalue weighted by Crippen LogP contribution is -2.12. The molecule has 0 aliphatic carbocycles. The van der Waals surface area contributed by atoms with E-state index in [0.29, 0.717) is 23.3 Å². The number of hydrogen-bond acceptors (Lipinski definition) is 6. The Morgan fingerprint density at radius 3 is 2.96 bits per heavy atom. The van der Waals surface area contributed by atoms with E-state index in [1.165, 1.54) is 11.3 Å². The zero-order valence-corrected chi connectivity index (χ0v) is 15.2. The summed E-state index contributed by atoms with van der Waals surface area (Å²) in [6, 6.07) is 7.93. The van der Waals surface area contributed by atoms with Crippen molar-refractivity contribution >= 4 is 33.3 Å². The van der Waals surface area contributed by atoms with Crippen molar-refractivity contribution in [2.45, 2.75) is 26.7 Å². The van der Waals surface area contributed by atoms with Crippen molar-refractivity contribution in [3.63, 3.8) is 0 Å². The molecule has 4 aromatic rings. The molecular weight excluding hydrogens is 350 g/mol.